The lowest BCUT2D eigenvalue weighted by atomic mass is 9.78. The van der Waals surface area contributed by atoms with Crippen molar-refractivity contribution < 1.29 is 14.4 Å². The normalized spacial score (nSPS) is 18.0. The molecule has 1 aliphatic heterocycles. The number of rotatable bonds is 5. The van der Waals surface area contributed by atoms with Crippen LogP contribution in [0.1, 0.15) is 32.5 Å². The molecule has 2 rings (SSSR count). The lowest BCUT2D eigenvalue weighted by Crippen LogP contribution is -2.63. The van der Waals surface area contributed by atoms with E-state index in [-0.39, 0.29) is 6.54 Å². The number of aromatic nitrogens is 3. The molecular formula is C13H19N5O3. The predicted molar refractivity (Wildman–Crippen MR) is 73.0 cm³/mol. The van der Waals surface area contributed by atoms with Crippen molar-refractivity contribution in [1.29, 1.82) is 0 Å². The van der Waals surface area contributed by atoms with E-state index in [2.05, 4.69) is 15.4 Å². The molecule has 1 aromatic rings. The topological polar surface area (TPSA) is 97.2 Å². The zero-order valence-electron chi connectivity index (χ0n) is 12.4. The molecule has 0 radical (unpaired) electrons. The molecule has 21 heavy (non-hydrogen) atoms. The Hall–Kier alpha value is -2.25. The highest BCUT2D eigenvalue weighted by atomic mass is 16.2. The Morgan fingerprint density at radius 1 is 1.24 bits per heavy atom. The van der Waals surface area contributed by atoms with Gasteiger partial charge in [-0.2, -0.15) is 5.10 Å². The van der Waals surface area contributed by atoms with Gasteiger partial charge in [-0.05, 0) is 12.8 Å². The summed E-state index contributed by atoms with van der Waals surface area (Å²) < 4.78 is 1.55. The fraction of sp³-hybridized carbons (Fsp3) is 0.615. The van der Waals surface area contributed by atoms with E-state index in [1.165, 1.54) is 0 Å². The van der Waals surface area contributed by atoms with Gasteiger partial charge >= 0.3 is 6.03 Å². The van der Waals surface area contributed by atoms with Crippen molar-refractivity contribution in [3.63, 3.8) is 0 Å². The van der Waals surface area contributed by atoms with E-state index < -0.39 is 23.3 Å². The van der Waals surface area contributed by atoms with Crippen molar-refractivity contribution in [3.8, 4) is 0 Å². The van der Waals surface area contributed by atoms with Gasteiger partial charge in [0.25, 0.3) is 0 Å². The third-order valence-corrected chi connectivity index (χ3v) is 3.97. The van der Waals surface area contributed by atoms with Crippen molar-refractivity contribution in [1.82, 2.24) is 25.0 Å². The number of carbonyl (C=O) groups is 3. The van der Waals surface area contributed by atoms with E-state index in [1.807, 2.05) is 0 Å². The van der Waals surface area contributed by atoms with Gasteiger partial charge in [0, 0.05) is 20.0 Å². The smallest absolute Gasteiger partial charge is 0.277 e. The first kappa shape index (κ1) is 15.1. The summed E-state index contributed by atoms with van der Waals surface area (Å²) in [6.45, 7) is 3.70. The predicted octanol–water partition coefficient (Wildman–Crippen LogP) is 0.242. The summed E-state index contributed by atoms with van der Waals surface area (Å²) in [6, 6.07) is -0.668. The van der Waals surface area contributed by atoms with Gasteiger partial charge in [0.15, 0.2) is 5.82 Å². The van der Waals surface area contributed by atoms with Crippen LogP contribution in [0.2, 0.25) is 0 Å². The second-order valence-corrected chi connectivity index (χ2v) is 5.09. The van der Waals surface area contributed by atoms with Crippen LogP contribution in [-0.2, 0) is 23.1 Å². The molecule has 0 bridgehead atoms. The summed E-state index contributed by atoms with van der Waals surface area (Å²) in [7, 11) is 1.74. The molecule has 0 aliphatic carbocycles. The van der Waals surface area contributed by atoms with Crippen molar-refractivity contribution >= 4 is 17.8 Å². The van der Waals surface area contributed by atoms with Crippen LogP contribution in [0.3, 0.4) is 0 Å². The van der Waals surface area contributed by atoms with Crippen molar-refractivity contribution in [3.05, 3.63) is 12.2 Å². The number of aryl methyl sites for hydroxylation is 1. The molecule has 1 N–H and O–H groups in total. The summed E-state index contributed by atoms with van der Waals surface area (Å²) in [5, 5.41) is 6.38. The zero-order valence-corrected chi connectivity index (χ0v) is 12.4. The van der Waals surface area contributed by atoms with E-state index in [9.17, 15) is 14.4 Å². The number of carbonyl (C=O) groups excluding carboxylic acids is 3. The minimum atomic E-state index is -1.15. The van der Waals surface area contributed by atoms with Crippen LogP contribution in [0.15, 0.2) is 6.33 Å². The van der Waals surface area contributed by atoms with Crippen molar-refractivity contribution in [2.24, 2.45) is 12.5 Å². The number of hydrogen-bond acceptors (Lipinski definition) is 5. The number of imide groups is 2. The Morgan fingerprint density at radius 2 is 1.90 bits per heavy atom. The largest absolute Gasteiger partial charge is 0.330 e. The fourth-order valence-corrected chi connectivity index (χ4v) is 2.52. The molecule has 8 nitrogen and oxygen atoms in total. The van der Waals surface area contributed by atoms with Crippen LogP contribution in [-0.4, -0.2) is 44.1 Å². The molecule has 0 saturated carbocycles. The van der Waals surface area contributed by atoms with Crippen LogP contribution in [0.5, 0.6) is 0 Å². The minimum absolute atomic E-state index is 0.156. The molecule has 1 saturated heterocycles. The molecule has 0 unspecified atom stereocenters. The first-order valence-corrected chi connectivity index (χ1v) is 6.96. The average molecular weight is 293 g/mol. The Balaban J connectivity index is 2.16. The minimum Gasteiger partial charge on any atom is -0.277 e. The van der Waals surface area contributed by atoms with Crippen LogP contribution in [0.4, 0.5) is 4.79 Å². The first-order chi connectivity index (χ1) is 9.94. The van der Waals surface area contributed by atoms with Gasteiger partial charge in [-0.15, -0.1) is 0 Å². The van der Waals surface area contributed by atoms with Gasteiger partial charge in [-0.25, -0.2) is 9.78 Å². The van der Waals surface area contributed by atoms with Crippen LogP contribution in [0, 0.1) is 5.41 Å². The third kappa shape index (κ3) is 2.53. The highest BCUT2D eigenvalue weighted by Gasteiger charge is 2.51. The first-order valence-electron chi connectivity index (χ1n) is 6.96. The Labute approximate surface area is 122 Å². The van der Waals surface area contributed by atoms with Gasteiger partial charge in [0.05, 0.1) is 0 Å². The molecule has 0 aromatic carbocycles. The third-order valence-electron chi connectivity index (χ3n) is 3.97. The molecule has 0 spiro atoms. The Morgan fingerprint density at radius 3 is 2.43 bits per heavy atom. The van der Waals surface area contributed by atoms with Crippen LogP contribution in [0.25, 0.3) is 0 Å². The Kier molecular flexibility index (Phi) is 4.06. The number of nitrogens with one attached hydrogen (secondary N) is 1. The van der Waals surface area contributed by atoms with Gasteiger partial charge < -0.3 is 0 Å². The number of nitrogens with zero attached hydrogens (tertiary/aromatic N) is 4. The molecule has 1 fully saturated rings. The number of hydrogen-bond donors (Lipinski definition) is 1. The van der Waals surface area contributed by atoms with Crippen molar-refractivity contribution in [2.45, 2.75) is 33.1 Å². The van der Waals surface area contributed by atoms with Gasteiger partial charge in [-0.1, -0.05) is 13.8 Å². The molecule has 8 heteroatoms. The standard InChI is InChI=1S/C13H19N5O3/c1-4-13(5-2)10(19)15-12(21)18(11(13)20)7-6-9-14-8-17(3)16-9/h8H,4-7H2,1-3H3,(H,15,19,21). The zero-order chi connectivity index (χ0) is 15.6. The van der Waals surface area contributed by atoms with E-state index in [0.29, 0.717) is 25.1 Å². The molecule has 114 valence electrons. The van der Waals surface area contributed by atoms with Crippen LogP contribution < -0.4 is 5.32 Å². The summed E-state index contributed by atoms with van der Waals surface area (Å²) in [4.78, 5) is 41.6. The summed E-state index contributed by atoms with van der Waals surface area (Å²) >= 11 is 0. The summed E-state index contributed by atoms with van der Waals surface area (Å²) in [6.07, 6.45) is 2.64. The number of urea groups is 1. The SMILES string of the molecule is CCC1(CC)C(=O)NC(=O)N(CCc2ncn(C)n2)C1=O. The van der Waals surface area contributed by atoms with E-state index in [1.54, 1.807) is 31.9 Å². The second kappa shape index (κ2) is 5.63. The quantitative estimate of drug-likeness (QED) is 0.784. The van der Waals surface area contributed by atoms with E-state index in [4.69, 9.17) is 0 Å². The molecule has 1 aromatic heterocycles. The summed E-state index contributed by atoms with van der Waals surface area (Å²) in [5.41, 5.74) is -1.15. The Bertz CT molecular complexity index is 576. The van der Waals surface area contributed by atoms with Gasteiger partial charge in [0.1, 0.15) is 11.7 Å². The average Bonchev–Trinajstić information content (AvgIpc) is 2.85. The van der Waals surface area contributed by atoms with E-state index in [0.717, 1.165) is 4.90 Å². The molecule has 2 heterocycles. The second-order valence-electron chi connectivity index (χ2n) is 5.09. The van der Waals surface area contributed by atoms with E-state index >= 15 is 0 Å². The maximum atomic E-state index is 12.6. The number of barbiturate groups is 1. The number of amides is 4. The van der Waals surface area contributed by atoms with Crippen LogP contribution >= 0.6 is 0 Å². The molecular weight excluding hydrogens is 274 g/mol. The lowest BCUT2D eigenvalue weighted by molar-refractivity contribution is -0.152. The van der Waals surface area contributed by atoms with Gasteiger partial charge in [0.2, 0.25) is 11.8 Å². The molecule has 0 atom stereocenters. The molecule has 1 aliphatic rings. The highest BCUT2D eigenvalue weighted by Crippen LogP contribution is 2.32. The lowest BCUT2D eigenvalue weighted by Gasteiger charge is -2.38. The maximum absolute atomic E-state index is 12.6. The highest BCUT2D eigenvalue weighted by molar-refractivity contribution is 6.19. The monoisotopic (exact) mass is 293 g/mol. The summed E-state index contributed by atoms with van der Waals surface area (Å²) in [5.74, 6) is -0.388. The maximum Gasteiger partial charge on any atom is 0.330 e. The van der Waals surface area contributed by atoms with Gasteiger partial charge in [-0.3, -0.25) is 24.5 Å². The van der Waals surface area contributed by atoms with Crippen molar-refractivity contribution in [2.75, 3.05) is 6.54 Å². The molecule has 4 amide bonds. The fourth-order valence-electron chi connectivity index (χ4n) is 2.52.